The first-order chi connectivity index (χ1) is 39.2. The van der Waals surface area contributed by atoms with Crippen molar-refractivity contribution >= 4 is 40.6 Å². The van der Waals surface area contributed by atoms with Crippen LogP contribution in [0.15, 0.2) is 293 Å². The lowest BCUT2D eigenvalue weighted by atomic mass is 9.66. The first-order valence-corrected chi connectivity index (χ1v) is 29.0. The number of benzene rings is 12. The smallest absolute Gasteiger partial charge is 0.132 e. The SMILES string of the molecule is c1ccc2c(c1)Oc1ccccc1C21c2ccccc2-c2ccc(N(c3cccc4c3-c3ccccc3C43c4ccccc4Sc4ccccc43)c3cccc4c3-c3ccccc3C43c4ccccc4Sc4ccccc43)cc21. The molecule has 3 aliphatic heterocycles. The minimum atomic E-state index is -0.663. The zero-order valence-electron chi connectivity index (χ0n) is 42.7. The fourth-order valence-electron chi connectivity index (χ4n) is 15.5. The van der Waals surface area contributed by atoms with Crippen LogP contribution in [0.2, 0.25) is 0 Å². The largest absolute Gasteiger partial charge is 0.457 e. The average molecular weight is 1040 g/mol. The molecule has 18 rings (SSSR count). The predicted molar refractivity (Wildman–Crippen MR) is 321 cm³/mol. The fraction of sp³-hybridized carbons (Fsp3) is 0.0400. The Morgan fingerprint density at radius 2 is 0.582 bits per heavy atom. The van der Waals surface area contributed by atoms with E-state index in [9.17, 15) is 0 Å². The number of ether oxygens (including phenoxy) is 1. The second-order valence-electron chi connectivity index (χ2n) is 21.6. The minimum absolute atomic E-state index is 0.562. The van der Waals surface area contributed by atoms with Crippen LogP contribution in [0.5, 0.6) is 11.5 Å². The van der Waals surface area contributed by atoms with E-state index in [2.05, 4.69) is 278 Å². The third kappa shape index (κ3) is 5.41. The van der Waals surface area contributed by atoms with Gasteiger partial charge in [-0.3, -0.25) is 0 Å². The second-order valence-corrected chi connectivity index (χ2v) is 23.8. The van der Waals surface area contributed by atoms with Crippen molar-refractivity contribution in [2.75, 3.05) is 4.90 Å². The lowest BCUT2D eigenvalue weighted by Crippen LogP contribution is -2.32. The van der Waals surface area contributed by atoms with Crippen molar-refractivity contribution < 1.29 is 4.74 Å². The summed E-state index contributed by atoms with van der Waals surface area (Å²) >= 11 is 3.78. The Kier molecular flexibility index (Phi) is 8.92. The molecule has 0 radical (unpaired) electrons. The van der Waals surface area contributed by atoms with E-state index in [4.69, 9.17) is 4.74 Å². The molecule has 0 saturated heterocycles. The summed E-state index contributed by atoms with van der Waals surface area (Å²) in [5.41, 5.74) is 24.4. The normalized spacial score (nSPS) is 15.4. The van der Waals surface area contributed by atoms with E-state index in [-0.39, 0.29) is 0 Å². The van der Waals surface area contributed by atoms with Crippen LogP contribution < -0.4 is 9.64 Å². The molecule has 0 amide bonds. The fourth-order valence-corrected chi connectivity index (χ4v) is 17.9. The van der Waals surface area contributed by atoms with Gasteiger partial charge in [-0.25, -0.2) is 0 Å². The first kappa shape index (κ1) is 44.0. The highest BCUT2D eigenvalue weighted by atomic mass is 32.2. The molecule has 3 heterocycles. The van der Waals surface area contributed by atoms with Gasteiger partial charge in [-0.2, -0.15) is 0 Å². The molecule has 0 aromatic heterocycles. The molecule has 3 spiro atoms. The van der Waals surface area contributed by atoms with Gasteiger partial charge in [0, 0.05) is 47.5 Å². The molecule has 368 valence electrons. The van der Waals surface area contributed by atoms with E-state index in [1.807, 2.05) is 23.5 Å². The Hall–Kier alpha value is -9.06. The van der Waals surface area contributed by atoms with Crippen LogP contribution in [-0.2, 0) is 16.2 Å². The van der Waals surface area contributed by atoms with Gasteiger partial charge in [0.1, 0.15) is 11.5 Å². The maximum absolute atomic E-state index is 6.87. The molecule has 0 saturated carbocycles. The van der Waals surface area contributed by atoms with Gasteiger partial charge in [-0.05, 0) is 139 Å². The van der Waals surface area contributed by atoms with Crippen molar-refractivity contribution in [2.24, 2.45) is 0 Å². The third-order valence-electron chi connectivity index (χ3n) is 18.3. The number of hydrogen-bond acceptors (Lipinski definition) is 4. The molecule has 3 aliphatic carbocycles. The Morgan fingerprint density at radius 3 is 1.04 bits per heavy atom. The van der Waals surface area contributed by atoms with Crippen LogP contribution in [0, 0.1) is 0 Å². The molecule has 12 aromatic rings. The zero-order chi connectivity index (χ0) is 51.6. The van der Waals surface area contributed by atoms with Crippen molar-refractivity contribution in [3.05, 3.63) is 340 Å². The van der Waals surface area contributed by atoms with E-state index >= 15 is 0 Å². The van der Waals surface area contributed by atoms with E-state index in [0.29, 0.717) is 0 Å². The summed E-state index contributed by atoms with van der Waals surface area (Å²) in [5, 5.41) is 0. The summed E-state index contributed by atoms with van der Waals surface area (Å²) in [6.45, 7) is 0. The summed E-state index contributed by atoms with van der Waals surface area (Å²) < 4.78 is 6.87. The third-order valence-corrected chi connectivity index (χ3v) is 20.6. The molecule has 0 atom stereocenters. The summed E-state index contributed by atoms with van der Waals surface area (Å²) in [4.78, 5) is 7.82. The van der Waals surface area contributed by atoms with Crippen LogP contribution in [0.4, 0.5) is 17.1 Å². The van der Waals surface area contributed by atoms with Crippen molar-refractivity contribution in [3.63, 3.8) is 0 Å². The molecule has 2 nitrogen and oxygen atoms in total. The molecule has 6 aliphatic rings. The van der Waals surface area contributed by atoms with Crippen molar-refractivity contribution in [1.82, 2.24) is 0 Å². The van der Waals surface area contributed by atoms with Crippen LogP contribution >= 0.6 is 23.5 Å². The topological polar surface area (TPSA) is 12.5 Å². The lowest BCUT2D eigenvalue weighted by Gasteiger charge is -2.40. The number of hydrogen-bond donors (Lipinski definition) is 0. The monoisotopic (exact) mass is 1040 g/mol. The van der Waals surface area contributed by atoms with Crippen LogP contribution in [0.3, 0.4) is 0 Å². The zero-order valence-corrected chi connectivity index (χ0v) is 44.3. The molecule has 0 bridgehead atoms. The Labute approximate surface area is 467 Å². The maximum atomic E-state index is 6.87. The average Bonchev–Trinajstić information content (AvgIpc) is 4.22. The summed E-state index contributed by atoms with van der Waals surface area (Å²) in [6.07, 6.45) is 0. The number of fused-ring (bicyclic) bond motifs is 27. The molecule has 4 heteroatoms. The van der Waals surface area contributed by atoms with Gasteiger partial charge >= 0.3 is 0 Å². The van der Waals surface area contributed by atoms with E-state index in [1.54, 1.807) is 0 Å². The van der Waals surface area contributed by atoms with E-state index < -0.39 is 16.2 Å². The summed E-state index contributed by atoms with van der Waals surface area (Å²) in [6, 6.07) is 103. The van der Waals surface area contributed by atoms with Crippen molar-refractivity contribution in [1.29, 1.82) is 0 Å². The van der Waals surface area contributed by atoms with Gasteiger partial charge in [0.25, 0.3) is 0 Å². The quantitative estimate of drug-likeness (QED) is 0.175. The van der Waals surface area contributed by atoms with Crippen LogP contribution in [-0.4, -0.2) is 0 Å². The Balaban J connectivity index is 0.984. The Morgan fingerprint density at radius 1 is 0.253 bits per heavy atom. The van der Waals surface area contributed by atoms with E-state index in [0.717, 1.165) is 39.7 Å². The summed E-state index contributed by atoms with van der Waals surface area (Å²) in [5.74, 6) is 1.77. The standard InChI is InChI=1S/C75H45NOS2/c1-4-24-51-47(21-1)48-44-43-46(45-62(48)73(51)54-27-7-13-37-65(54)77-66-38-14-8-28-55(66)73)76(63-35-19-33-60-71(63)49-22-2-5-25-52(49)74(60)56-29-9-15-39-67(56)78-68-40-16-10-30-57(68)74)64-36-20-34-61-72(64)50-23-3-6-26-53(50)75(61)58-31-11-17-41-69(58)79-70-42-18-12-32-59(70)75/h1-45H. The van der Waals surface area contributed by atoms with Crippen LogP contribution in [0.25, 0.3) is 33.4 Å². The van der Waals surface area contributed by atoms with Gasteiger partial charge in [0.15, 0.2) is 0 Å². The van der Waals surface area contributed by atoms with Gasteiger partial charge < -0.3 is 9.64 Å². The molecule has 0 unspecified atom stereocenters. The predicted octanol–water partition coefficient (Wildman–Crippen LogP) is 19.3. The number of anilines is 3. The number of rotatable bonds is 3. The second kappa shape index (κ2) is 16.0. The van der Waals surface area contributed by atoms with Crippen LogP contribution in [0.1, 0.15) is 66.8 Å². The highest BCUT2D eigenvalue weighted by molar-refractivity contribution is 7.99. The van der Waals surface area contributed by atoms with Gasteiger partial charge in [-0.1, -0.05) is 236 Å². The minimum Gasteiger partial charge on any atom is -0.457 e. The number of para-hydroxylation sites is 2. The lowest BCUT2D eigenvalue weighted by molar-refractivity contribution is 0.436. The van der Waals surface area contributed by atoms with Gasteiger partial charge in [0.05, 0.1) is 27.6 Å². The van der Waals surface area contributed by atoms with Crippen molar-refractivity contribution in [2.45, 2.75) is 35.8 Å². The van der Waals surface area contributed by atoms with Gasteiger partial charge in [0.2, 0.25) is 0 Å². The highest BCUT2D eigenvalue weighted by Gasteiger charge is 2.55. The maximum Gasteiger partial charge on any atom is 0.132 e. The van der Waals surface area contributed by atoms with Crippen molar-refractivity contribution in [3.8, 4) is 44.9 Å². The molecule has 0 fully saturated rings. The summed E-state index contributed by atoms with van der Waals surface area (Å²) in [7, 11) is 0. The molecular weight excluding hydrogens is 995 g/mol. The Bertz CT molecular complexity index is 4310. The number of nitrogens with zero attached hydrogens (tertiary/aromatic N) is 1. The molecule has 0 N–H and O–H groups in total. The molecule has 12 aromatic carbocycles. The van der Waals surface area contributed by atoms with Gasteiger partial charge in [-0.15, -0.1) is 0 Å². The first-order valence-electron chi connectivity index (χ1n) is 27.3. The molecular formula is C75H45NOS2. The highest BCUT2D eigenvalue weighted by Crippen LogP contribution is 2.68. The van der Waals surface area contributed by atoms with E-state index in [1.165, 1.54) is 109 Å². The molecule has 79 heavy (non-hydrogen) atoms.